The molecule has 5 heterocycles. The van der Waals surface area contributed by atoms with Crippen molar-refractivity contribution < 1.29 is 18.8 Å². The molecule has 0 bridgehead atoms. The third-order valence-corrected chi connectivity index (χ3v) is 12.6. The minimum Gasteiger partial charge on any atom is -0.339 e. The zero-order valence-electron chi connectivity index (χ0n) is 28.4. The van der Waals surface area contributed by atoms with Gasteiger partial charge in [-0.25, -0.2) is 19.9 Å². The maximum absolute atomic E-state index is 12.4. The van der Waals surface area contributed by atoms with Gasteiger partial charge in [0.25, 0.3) is 0 Å². The molecule has 0 N–H and O–H groups in total. The number of rotatable bonds is 6. The molecule has 2 saturated carbocycles. The Labute approximate surface area is 283 Å². The van der Waals surface area contributed by atoms with Gasteiger partial charge in [-0.15, -0.1) is 0 Å². The predicted octanol–water partition coefficient (Wildman–Crippen LogP) is 4.95. The lowest BCUT2D eigenvalue weighted by Crippen LogP contribution is -2.73. The van der Waals surface area contributed by atoms with Crippen molar-refractivity contribution in [2.45, 2.75) is 88.9 Å². The van der Waals surface area contributed by atoms with E-state index in [2.05, 4.69) is 29.7 Å². The second-order valence-electron chi connectivity index (χ2n) is 15.2. The first-order valence-electron chi connectivity index (χ1n) is 18.6. The van der Waals surface area contributed by atoms with Crippen LogP contribution in [0.5, 0.6) is 0 Å². The number of anilines is 2. The lowest BCUT2D eigenvalue weighted by Gasteiger charge is -2.54. The van der Waals surface area contributed by atoms with Crippen LogP contribution >= 0.6 is 0 Å². The Bertz CT molecular complexity index is 1340. The molecule has 260 valence electrons. The SMILES string of the molecule is O=[N+]([O-])c1c(C2CCCCCC2)ncnc1N1CC[N+]2(CC1)CC[N+]1(CCN(c3ncnc(C4CCCCCC4)c3[N+](=O)[O-])CC1)CC2. The topological polar surface area (TPSA) is 144 Å². The van der Waals surface area contributed by atoms with Crippen LogP contribution in [0.3, 0.4) is 0 Å². The third-order valence-electron chi connectivity index (χ3n) is 12.6. The van der Waals surface area contributed by atoms with Gasteiger partial charge in [-0.1, -0.05) is 51.4 Å². The van der Waals surface area contributed by atoms with Crippen LogP contribution in [0.15, 0.2) is 12.7 Å². The van der Waals surface area contributed by atoms with E-state index in [9.17, 15) is 20.2 Å². The van der Waals surface area contributed by atoms with E-state index in [1.165, 1.54) is 25.7 Å². The summed E-state index contributed by atoms with van der Waals surface area (Å²) in [7, 11) is 0. The Hall–Kier alpha value is -3.52. The Morgan fingerprint density at radius 3 is 1.17 bits per heavy atom. The van der Waals surface area contributed by atoms with Crippen LogP contribution in [0.25, 0.3) is 0 Å². The van der Waals surface area contributed by atoms with Crippen molar-refractivity contribution in [3.05, 3.63) is 44.3 Å². The molecule has 2 aliphatic carbocycles. The molecule has 5 aliphatic rings. The number of aromatic nitrogens is 4. The van der Waals surface area contributed by atoms with Gasteiger partial charge >= 0.3 is 11.4 Å². The van der Waals surface area contributed by atoms with E-state index in [0.29, 0.717) is 23.0 Å². The summed E-state index contributed by atoms with van der Waals surface area (Å²) in [6.45, 7) is 11.2. The monoisotopic (exact) mass is 664 g/mol. The maximum Gasteiger partial charge on any atom is 0.333 e. The van der Waals surface area contributed by atoms with Crippen molar-refractivity contribution >= 4 is 23.0 Å². The number of nitrogens with zero attached hydrogens (tertiary/aromatic N) is 10. The fourth-order valence-electron chi connectivity index (χ4n) is 9.45. The summed E-state index contributed by atoms with van der Waals surface area (Å²) >= 11 is 0. The van der Waals surface area contributed by atoms with Crippen LogP contribution in [0.1, 0.15) is 100 Å². The minimum absolute atomic E-state index is 0.129. The van der Waals surface area contributed by atoms with Crippen LogP contribution in [0.4, 0.5) is 23.0 Å². The Balaban J connectivity index is 0.979. The summed E-state index contributed by atoms with van der Waals surface area (Å²) < 4.78 is 2.10. The summed E-state index contributed by atoms with van der Waals surface area (Å²) in [5.74, 6) is 1.29. The molecule has 0 aromatic carbocycles. The molecule has 0 unspecified atom stereocenters. The van der Waals surface area contributed by atoms with Crippen molar-refractivity contribution in [3.63, 3.8) is 0 Å². The standard InChI is InChI=1S/C34H52N10O4/c45-41(46)31-29(27-9-5-1-2-6-10-27)35-25-37-33(31)39-13-17-43(18-14-39)21-23-44(24-22-43)19-15-40(16-20-44)34-32(42(47)48)30(36-26-38-34)28-11-7-3-4-8-12-28/h25-28H,1-24H2/q+2. The Kier molecular flexibility index (Phi) is 9.72. The fourth-order valence-corrected chi connectivity index (χ4v) is 9.45. The lowest BCUT2D eigenvalue weighted by atomic mass is 9.95. The quantitative estimate of drug-likeness (QED) is 0.180. The van der Waals surface area contributed by atoms with E-state index in [0.717, 1.165) is 139 Å². The van der Waals surface area contributed by atoms with Crippen molar-refractivity contribution in [2.24, 2.45) is 0 Å². The largest absolute Gasteiger partial charge is 0.339 e. The number of hydrogen-bond donors (Lipinski definition) is 0. The second kappa shape index (κ2) is 14.1. The number of quaternary nitrogens is 2. The van der Waals surface area contributed by atoms with Crippen molar-refractivity contribution in [2.75, 3.05) is 88.3 Å². The molecule has 3 aliphatic heterocycles. The summed E-state index contributed by atoms with van der Waals surface area (Å²) in [4.78, 5) is 46.6. The van der Waals surface area contributed by atoms with Gasteiger partial charge in [0.2, 0.25) is 11.6 Å². The summed E-state index contributed by atoms with van der Waals surface area (Å²) in [6, 6.07) is 0. The zero-order valence-corrected chi connectivity index (χ0v) is 28.4. The molecular weight excluding hydrogens is 612 g/mol. The van der Waals surface area contributed by atoms with Crippen molar-refractivity contribution in [3.8, 4) is 0 Å². The van der Waals surface area contributed by atoms with E-state index >= 15 is 0 Å². The first kappa shape index (κ1) is 33.0. The van der Waals surface area contributed by atoms with Gasteiger partial charge in [0.1, 0.15) is 50.2 Å². The highest BCUT2D eigenvalue weighted by Gasteiger charge is 2.47. The average Bonchev–Trinajstić information content (AvgIpc) is 3.56. The first-order valence-corrected chi connectivity index (χ1v) is 18.6. The third kappa shape index (κ3) is 6.70. The molecule has 2 spiro atoms. The van der Waals surface area contributed by atoms with Gasteiger partial charge < -0.3 is 18.8 Å². The molecule has 5 fully saturated rings. The number of nitro groups is 2. The van der Waals surface area contributed by atoms with Crippen LogP contribution in [-0.2, 0) is 0 Å². The molecule has 0 radical (unpaired) electrons. The second-order valence-corrected chi connectivity index (χ2v) is 15.2. The van der Waals surface area contributed by atoms with Gasteiger partial charge in [0, 0.05) is 11.8 Å². The van der Waals surface area contributed by atoms with Gasteiger partial charge in [-0.3, -0.25) is 20.2 Å². The van der Waals surface area contributed by atoms with Gasteiger partial charge in [0.05, 0.1) is 62.2 Å². The van der Waals surface area contributed by atoms with Gasteiger partial charge in [-0.2, -0.15) is 0 Å². The summed E-state index contributed by atoms with van der Waals surface area (Å²) in [5.41, 5.74) is 1.53. The maximum atomic E-state index is 12.4. The van der Waals surface area contributed by atoms with E-state index in [1.54, 1.807) is 12.7 Å². The van der Waals surface area contributed by atoms with Crippen LogP contribution in [0.2, 0.25) is 0 Å². The smallest absolute Gasteiger partial charge is 0.333 e. The molecule has 2 aromatic heterocycles. The zero-order chi connectivity index (χ0) is 33.1. The van der Waals surface area contributed by atoms with Crippen LogP contribution in [-0.4, -0.2) is 117 Å². The van der Waals surface area contributed by atoms with E-state index in [4.69, 9.17) is 0 Å². The van der Waals surface area contributed by atoms with Crippen molar-refractivity contribution in [1.82, 2.24) is 19.9 Å². The van der Waals surface area contributed by atoms with Crippen molar-refractivity contribution in [1.29, 1.82) is 0 Å². The molecule has 2 aromatic rings. The van der Waals surface area contributed by atoms with E-state index < -0.39 is 0 Å². The molecule has 14 heteroatoms. The molecule has 0 atom stereocenters. The first-order chi connectivity index (χ1) is 23.4. The summed E-state index contributed by atoms with van der Waals surface area (Å²) in [6.07, 6.45) is 16.1. The predicted molar refractivity (Wildman–Crippen MR) is 182 cm³/mol. The number of piperazine rings is 3. The van der Waals surface area contributed by atoms with Crippen LogP contribution in [0, 0.1) is 20.2 Å². The fraction of sp³-hybridized carbons (Fsp3) is 0.765. The van der Waals surface area contributed by atoms with E-state index in [1.807, 2.05) is 0 Å². The highest BCUT2D eigenvalue weighted by molar-refractivity contribution is 5.62. The van der Waals surface area contributed by atoms with E-state index in [-0.39, 0.29) is 33.1 Å². The molecule has 7 rings (SSSR count). The molecule has 14 nitrogen and oxygen atoms in total. The Morgan fingerprint density at radius 1 is 0.521 bits per heavy atom. The highest BCUT2D eigenvalue weighted by Crippen LogP contribution is 2.41. The lowest BCUT2D eigenvalue weighted by molar-refractivity contribution is -1.03. The van der Waals surface area contributed by atoms with Crippen LogP contribution < -0.4 is 9.80 Å². The average molecular weight is 665 g/mol. The molecule has 0 amide bonds. The molecular formula is C34H52N10O4+2. The Morgan fingerprint density at radius 2 is 0.854 bits per heavy atom. The minimum atomic E-state index is -0.239. The normalized spacial score (nSPS) is 23.9. The van der Waals surface area contributed by atoms with Gasteiger partial charge in [-0.05, 0) is 25.7 Å². The van der Waals surface area contributed by atoms with Gasteiger partial charge in [0.15, 0.2) is 0 Å². The summed E-state index contributed by atoms with van der Waals surface area (Å²) in [5, 5.41) is 24.8. The molecule has 3 saturated heterocycles. The molecule has 48 heavy (non-hydrogen) atoms. The highest BCUT2D eigenvalue weighted by atomic mass is 16.6. The number of hydrogen-bond acceptors (Lipinski definition) is 10.